The second kappa shape index (κ2) is 35.3. The predicted molar refractivity (Wildman–Crippen MR) is 152 cm³/mol. The van der Waals surface area contributed by atoms with Crippen molar-refractivity contribution < 1.29 is 62.1 Å². The number of aliphatic carboxylic acids is 1. The zero-order valence-electron chi connectivity index (χ0n) is 24.9. The Morgan fingerprint density at radius 3 is 1.12 bits per heavy atom. The molecule has 0 radical (unpaired) electrons. The van der Waals surface area contributed by atoms with Crippen LogP contribution in [0.5, 0.6) is 0 Å². The maximum absolute atomic E-state index is 11.3. The van der Waals surface area contributed by atoms with Crippen molar-refractivity contribution in [3.05, 3.63) is 0 Å². The fourth-order valence-electron chi connectivity index (χ4n) is 2.82. The third-order valence-corrected chi connectivity index (χ3v) is 4.89. The van der Waals surface area contributed by atoms with Crippen LogP contribution in [0.15, 0.2) is 0 Å². The van der Waals surface area contributed by atoms with E-state index < -0.39 is 5.97 Å². The second-order valence-electron chi connectivity index (χ2n) is 8.37. The van der Waals surface area contributed by atoms with Crippen LogP contribution in [-0.4, -0.2) is 156 Å². The fraction of sp³-hybridized carbons (Fsp3) is 0.857. The first-order valence-corrected chi connectivity index (χ1v) is 14.4. The smallest absolute Gasteiger partial charge is 0.303 e. The van der Waals surface area contributed by atoms with Gasteiger partial charge in [0.05, 0.1) is 125 Å². The van der Waals surface area contributed by atoms with Gasteiger partial charge in [-0.15, -0.1) is 6.42 Å². The van der Waals surface area contributed by atoms with Gasteiger partial charge >= 0.3 is 5.97 Å². The van der Waals surface area contributed by atoms with Crippen LogP contribution < -0.4 is 5.32 Å². The maximum atomic E-state index is 11.3. The lowest BCUT2D eigenvalue weighted by Gasteiger charge is -2.09. The third-order valence-electron chi connectivity index (χ3n) is 4.89. The van der Waals surface area contributed by atoms with Crippen molar-refractivity contribution in [3.8, 4) is 12.3 Å². The predicted octanol–water partition coefficient (Wildman–Crippen LogP) is 0.157. The highest BCUT2D eigenvalue weighted by molar-refractivity contribution is 5.80. The highest BCUT2D eigenvalue weighted by Crippen LogP contribution is 1.90. The standard InChI is InChI=1S/C28H51NO13/c1-2-7-33-9-11-35-13-15-37-17-19-39-21-23-41-25-26-42-24-22-40-20-18-38-16-14-36-12-10-34-8-3-6-29-27(30)4-5-28(31)32/h1H,3-26H2,(H,29,30)(H,31,32). The quantitative estimate of drug-likeness (QED) is 0.0740. The van der Waals surface area contributed by atoms with E-state index in [1.54, 1.807) is 0 Å². The molecule has 0 saturated carbocycles. The number of carboxylic acids is 1. The Morgan fingerprint density at radius 1 is 0.500 bits per heavy atom. The molecule has 0 bridgehead atoms. The molecule has 42 heavy (non-hydrogen) atoms. The van der Waals surface area contributed by atoms with Gasteiger partial charge in [0.1, 0.15) is 6.61 Å². The number of hydrogen-bond acceptors (Lipinski definition) is 12. The van der Waals surface area contributed by atoms with Gasteiger partial charge < -0.3 is 57.8 Å². The molecule has 0 aromatic heterocycles. The van der Waals surface area contributed by atoms with Gasteiger partial charge in [-0.25, -0.2) is 0 Å². The van der Waals surface area contributed by atoms with Crippen molar-refractivity contribution in [3.63, 3.8) is 0 Å². The third kappa shape index (κ3) is 36.1. The molecule has 0 unspecified atom stereocenters. The van der Waals surface area contributed by atoms with Gasteiger partial charge in [-0.1, -0.05) is 5.92 Å². The molecule has 246 valence electrons. The molecular formula is C28H51NO13. The SMILES string of the molecule is C#CCOCCOCCOCCOCCOCCOCCOCCOCCOCCOCCCNC(=O)CCC(=O)O. The molecule has 0 aliphatic rings. The summed E-state index contributed by atoms with van der Waals surface area (Å²) in [5.74, 6) is 1.14. The minimum Gasteiger partial charge on any atom is -0.481 e. The van der Waals surface area contributed by atoms with Crippen molar-refractivity contribution in [2.24, 2.45) is 0 Å². The lowest BCUT2D eigenvalue weighted by molar-refractivity contribution is -0.138. The number of amides is 1. The van der Waals surface area contributed by atoms with E-state index in [1.807, 2.05) is 0 Å². The minimum absolute atomic E-state index is 0.00970. The van der Waals surface area contributed by atoms with E-state index in [-0.39, 0.29) is 18.7 Å². The average Bonchev–Trinajstić information content (AvgIpc) is 2.98. The summed E-state index contributed by atoms with van der Waals surface area (Å²) in [6.45, 7) is 9.96. The summed E-state index contributed by atoms with van der Waals surface area (Å²) in [5, 5.41) is 11.2. The number of carboxylic acid groups (broad SMARTS) is 1. The van der Waals surface area contributed by atoms with Gasteiger partial charge in [-0.3, -0.25) is 9.59 Å². The van der Waals surface area contributed by atoms with E-state index in [4.69, 9.17) is 58.9 Å². The normalized spacial score (nSPS) is 11.0. The average molecular weight is 610 g/mol. The molecule has 0 atom stereocenters. The number of terminal acetylenes is 1. The van der Waals surface area contributed by atoms with E-state index in [9.17, 15) is 9.59 Å². The summed E-state index contributed by atoms with van der Waals surface area (Å²) in [4.78, 5) is 21.7. The Bertz CT molecular complexity index is 633. The van der Waals surface area contributed by atoms with Crippen LogP contribution in [0.4, 0.5) is 0 Å². The van der Waals surface area contributed by atoms with Gasteiger partial charge in [0.15, 0.2) is 0 Å². The summed E-state index contributed by atoms with van der Waals surface area (Å²) in [6, 6.07) is 0. The first kappa shape index (κ1) is 40.1. The molecule has 0 aliphatic carbocycles. The maximum Gasteiger partial charge on any atom is 0.303 e. The first-order chi connectivity index (χ1) is 20.7. The van der Waals surface area contributed by atoms with Crippen LogP contribution in [0, 0.1) is 12.3 Å². The van der Waals surface area contributed by atoms with E-state index in [0.717, 1.165) is 0 Å². The molecule has 0 aromatic carbocycles. The molecule has 0 aliphatic heterocycles. The minimum atomic E-state index is -0.983. The molecule has 0 spiro atoms. The van der Waals surface area contributed by atoms with E-state index in [2.05, 4.69) is 11.2 Å². The molecule has 0 saturated heterocycles. The van der Waals surface area contributed by atoms with E-state index in [0.29, 0.717) is 145 Å². The number of carbonyl (C=O) groups excluding carboxylic acids is 1. The van der Waals surface area contributed by atoms with E-state index >= 15 is 0 Å². The highest BCUT2D eigenvalue weighted by Gasteiger charge is 2.04. The van der Waals surface area contributed by atoms with Crippen LogP contribution in [-0.2, 0) is 57.0 Å². The molecular weight excluding hydrogens is 558 g/mol. The van der Waals surface area contributed by atoms with Gasteiger partial charge in [-0.2, -0.15) is 0 Å². The molecule has 2 N–H and O–H groups in total. The van der Waals surface area contributed by atoms with Crippen molar-refractivity contribution >= 4 is 11.9 Å². The van der Waals surface area contributed by atoms with Crippen LogP contribution in [0.3, 0.4) is 0 Å². The topological polar surface area (TPSA) is 159 Å². The lowest BCUT2D eigenvalue weighted by atomic mass is 10.3. The van der Waals surface area contributed by atoms with E-state index in [1.165, 1.54) is 0 Å². The van der Waals surface area contributed by atoms with Crippen LogP contribution in [0.2, 0.25) is 0 Å². The first-order valence-electron chi connectivity index (χ1n) is 14.4. The lowest BCUT2D eigenvalue weighted by Crippen LogP contribution is -2.25. The van der Waals surface area contributed by atoms with Gasteiger partial charge in [0.25, 0.3) is 0 Å². The van der Waals surface area contributed by atoms with Crippen molar-refractivity contribution in [2.45, 2.75) is 19.3 Å². The summed E-state index contributed by atoms with van der Waals surface area (Å²) in [5.41, 5.74) is 0. The molecule has 14 heteroatoms. The van der Waals surface area contributed by atoms with Gasteiger partial charge in [0.2, 0.25) is 5.91 Å². The largest absolute Gasteiger partial charge is 0.481 e. The number of ether oxygens (including phenoxy) is 10. The Hall–Kier alpha value is -1.90. The summed E-state index contributed by atoms with van der Waals surface area (Å²) >= 11 is 0. The molecule has 0 heterocycles. The number of hydrogen-bond donors (Lipinski definition) is 2. The molecule has 14 nitrogen and oxygen atoms in total. The van der Waals surface area contributed by atoms with Crippen molar-refractivity contribution in [1.29, 1.82) is 0 Å². The second-order valence-corrected chi connectivity index (χ2v) is 8.37. The van der Waals surface area contributed by atoms with Gasteiger partial charge in [-0.05, 0) is 6.42 Å². The summed E-state index contributed by atoms with van der Waals surface area (Å²) in [6.07, 6.45) is 5.55. The Kier molecular flexibility index (Phi) is 33.7. The monoisotopic (exact) mass is 609 g/mol. The molecule has 0 rings (SSSR count). The zero-order chi connectivity index (χ0) is 30.6. The number of rotatable bonds is 35. The Balaban J connectivity index is 3.08. The van der Waals surface area contributed by atoms with Crippen molar-refractivity contribution in [2.75, 3.05) is 139 Å². The van der Waals surface area contributed by atoms with Crippen LogP contribution >= 0.6 is 0 Å². The Labute approximate surface area is 249 Å². The Morgan fingerprint density at radius 2 is 0.810 bits per heavy atom. The molecule has 0 fully saturated rings. The summed E-state index contributed by atoms with van der Waals surface area (Å²) in [7, 11) is 0. The molecule has 1 amide bonds. The van der Waals surface area contributed by atoms with Crippen molar-refractivity contribution in [1.82, 2.24) is 5.32 Å². The number of nitrogens with one attached hydrogen (secondary N) is 1. The van der Waals surface area contributed by atoms with Crippen LogP contribution in [0.25, 0.3) is 0 Å². The highest BCUT2D eigenvalue weighted by atomic mass is 16.6. The number of carbonyl (C=O) groups is 2. The van der Waals surface area contributed by atoms with Crippen LogP contribution in [0.1, 0.15) is 19.3 Å². The zero-order valence-corrected chi connectivity index (χ0v) is 24.9. The fourth-order valence-corrected chi connectivity index (χ4v) is 2.82. The summed E-state index contributed by atoms with van der Waals surface area (Å²) < 4.78 is 53.8. The molecule has 0 aromatic rings. The van der Waals surface area contributed by atoms with Gasteiger partial charge in [0, 0.05) is 19.6 Å².